The number of carbonyl (C=O) groups excluding carboxylic acids is 1. The Morgan fingerprint density at radius 3 is 2.65 bits per heavy atom. The lowest BCUT2D eigenvalue weighted by Crippen LogP contribution is -2.51. The van der Waals surface area contributed by atoms with Gasteiger partial charge in [0.15, 0.2) is 0 Å². The molecule has 2 unspecified atom stereocenters. The minimum Gasteiger partial charge on any atom is -0.353 e. The van der Waals surface area contributed by atoms with Crippen LogP contribution >= 0.6 is 0 Å². The molecule has 2 N–H and O–H groups in total. The monoisotopic (exact) mass is 252 g/mol. The van der Waals surface area contributed by atoms with Crippen LogP contribution in [-0.4, -0.2) is 31.2 Å². The quantitative estimate of drug-likeness (QED) is 0.804. The molecule has 0 aromatic rings. The summed E-state index contributed by atoms with van der Waals surface area (Å²) in [5.74, 6) is -0.290. The van der Waals surface area contributed by atoms with E-state index in [0.717, 1.165) is 13.0 Å². The average molecular weight is 252 g/mol. The second-order valence-corrected chi connectivity index (χ2v) is 5.03. The molecule has 3 nitrogen and oxygen atoms in total. The number of amides is 1. The maximum absolute atomic E-state index is 12.1. The summed E-state index contributed by atoms with van der Waals surface area (Å²) in [4.78, 5) is 11.9. The molecule has 6 heteroatoms. The third kappa shape index (κ3) is 4.53. The molecule has 0 aliphatic carbocycles. The maximum Gasteiger partial charge on any atom is 0.391 e. The molecule has 1 heterocycles. The van der Waals surface area contributed by atoms with Gasteiger partial charge in [0.25, 0.3) is 0 Å². The van der Waals surface area contributed by atoms with Crippen molar-refractivity contribution in [3.8, 4) is 0 Å². The van der Waals surface area contributed by atoms with Crippen molar-refractivity contribution in [1.29, 1.82) is 0 Å². The fraction of sp³-hybridized carbons (Fsp3) is 0.909. The Morgan fingerprint density at radius 1 is 1.53 bits per heavy atom. The van der Waals surface area contributed by atoms with Crippen molar-refractivity contribution in [2.24, 2.45) is 5.41 Å². The first-order chi connectivity index (χ1) is 7.73. The number of piperidine rings is 1. The molecule has 0 aromatic carbocycles. The highest BCUT2D eigenvalue weighted by Crippen LogP contribution is 2.27. The molecule has 1 rings (SSSR count). The summed E-state index contributed by atoms with van der Waals surface area (Å²) in [5, 5.41) is 5.54. The van der Waals surface area contributed by atoms with Crippen LogP contribution < -0.4 is 10.6 Å². The van der Waals surface area contributed by atoms with Crippen molar-refractivity contribution in [3.63, 3.8) is 0 Å². The fourth-order valence-corrected chi connectivity index (χ4v) is 2.05. The first kappa shape index (κ1) is 14.3. The van der Waals surface area contributed by atoms with Crippen LogP contribution in [0.15, 0.2) is 0 Å². The number of alkyl halides is 3. The van der Waals surface area contributed by atoms with Gasteiger partial charge in [0.1, 0.15) is 0 Å². The van der Waals surface area contributed by atoms with Gasteiger partial charge in [0.05, 0.1) is 11.8 Å². The Labute approximate surface area is 99.1 Å². The number of halogens is 3. The summed E-state index contributed by atoms with van der Waals surface area (Å²) in [6.07, 6.45) is -3.64. The standard InChI is InChI=1S/C11H19F3N2O/c1-8(6-11(12,13)14)16-9(17)10(2)4-3-5-15-7-10/h8,15H,3-7H2,1-2H3,(H,16,17). The van der Waals surface area contributed by atoms with Crippen LogP contribution in [0.2, 0.25) is 0 Å². The van der Waals surface area contributed by atoms with Crippen LogP contribution in [0.4, 0.5) is 13.2 Å². The molecule has 0 aromatic heterocycles. The minimum atomic E-state index is -4.24. The van der Waals surface area contributed by atoms with Gasteiger partial charge >= 0.3 is 6.18 Å². The van der Waals surface area contributed by atoms with Crippen LogP contribution in [-0.2, 0) is 4.79 Å². The van der Waals surface area contributed by atoms with Crippen LogP contribution in [0.25, 0.3) is 0 Å². The molecule has 0 spiro atoms. The van der Waals surface area contributed by atoms with Crippen molar-refractivity contribution in [1.82, 2.24) is 10.6 Å². The number of hydrogen-bond donors (Lipinski definition) is 2. The molecule has 1 fully saturated rings. The molecule has 100 valence electrons. The van der Waals surface area contributed by atoms with Crippen molar-refractivity contribution in [3.05, 3.63) is 0 Å². The smallest absolute Gasteiger partial charge is 0.353 e. The van der Waals surface area contributed by atoms with E-state index in [2.05, 4.69) is 10.6 Å². The third-order valence-corrected chi connectivity index (χ3v) is 3.06. The van der Waals surface area contributed by atoms with Gasteiger partial charge in [0.2, 0.25) is 5.91 Å². The highest BCUT2D eigenvalue weighted by molar-refractivity contribution is 5.82. The Balaban J connectivity index is 2.47. The molecule has 1 saturated heterocycles. The first-order valence-corrected chi connectivity index (χ1v) is 5.81. The van der Waals surface area contributed by atoms with E-state index in [0.29, 0.717) is 13.0 Å². The first-order valence-electron chi connectivity index (χ1n) is 5.81. The van der Waals surface area contributed by atoms with Gasteiger partial charge < -0.3 is 10.6 Å². The largest absolute Gasteiger partial charge is 0.391 e. The fourth-order valence-electron chi connectivity index (χ4n) is 2.05. The number of nitrogens with one attached hydrogen (secondary N) is 2. The lowest BCUT2D eigenvalue weighted by molar-refractivity contribution is -0.144. The summed E-state index contributed by atoms with van der Waals surface area (Å²) < 4.78 is 36.4. The van der Waals surface area contributed by atoms with Crippen LogP contribution in [0.5, 0.6) is 0 Å². The summed E-state index contributed by atoms with van der Waals surface area (Å²) in [6.45, 7) is 4.55. The zero-order valence-corrected chi connectivity index (χ0v) is 10.2. The zero-order chi connectivity index (χ0) is 13.1. The van der Waals surface area contributed by atoms with E-state index >= 15 is 0 Å². The van der Waals surface area contributed by atoms with Gasteiger partial charge in [-0.05, 0) is 33.2 Å². The topological polar surface area (TPSA) is 41.1 Å². The lowest BCUT2D eigenvalue weighted by atomic mass is 9.81. The van der Waals surface area contributed by atoms with Gasteiger partial charge in [-0.1, -0.05) is 0 Å². The molecule has 17 heavy (non-hydrogen) atoms. The van der Waals surface area contributed by atoms with E-state index < -0.39 is 24.1 Å². The SMILES string of the molecule is CC(CC(F)(F)F)NC(=O)C1(C)CCCNC1. The summed E-state index contributed by atoms with van der Waals surface area (Å²) in [6, 6.07) is -0.874. The highest BCUT2D eigenvalue weighted by Gasteiger charge is 2.37. The third-order valence-electron chi connectivity index (χ3n) is 3.06. The molecule has 0 bridgehead atoms. The molecule has 0 saturated carbocycles. The van der Waals surface area contributed by atoms with Crippen molar-refractivity contribution < 1.29 is 18.0 Å². The van der Waals surface area contributed by atoms with E-state index in [9.17, 15) is 18.0 Å². The summed E-state index contributed by atoms with van der Waals surface area (Å²) in [7, 11) is 0. The maximum atomic E-state index is 12.1. The van der Waals surface area contributed by atoms with E-state index in [1.54, 1.807) is 6.92 Å². The van der Waals surface area contributed by atoms with Crippen LogP contribution in [0, 0.1) is 5.41 Å². The number of hydrogen-bond acceptors (Lipinski definition) is 2. The van der Waals surface area contributed by atoms with Crippen LogP contribution in [0.3, 0.4) is 0 Å². The molecule has 0 radical (unpaired) electrons. The van der Waals surface area contributed by atoms with Gasteiger partial charge in [-0.2, -0.15) is 13.2 Å². The zero-order valence-electron chi connectivity index (χ0n) is 10.2. The highest BCUT2D eigenvalue weighted by atomic mass is 19.4. The predicted molar refractivity (Wildman–Crippen MR) is 58.5 cm³/mol. The van der Waals surface area contributed by atoms with E-state index in [4.69, 9.17) is 0 Å². The second-order valence-electron chi connectivity index (χ2n) is 5.03. The van der Waals surface area contributed by atoms with Crippen LogP contribution in [0.1, 0.15) is 33.1 Å². The van der Waals surface area contributed by atoms with E-state index in [-0.39, 0.29) is 5.91 Å². The van der Waals surface area contributed by atoms with Gasteiger partial charge in [-0.15, -0.1) is 0 Å². The second kappa shape index (κ2) is 5.25. The molecule has 2 atom stereocenters. The Kier molecular flexibility index (Phi) is 4.41. The Hall–Kier alpha value is -0.780. The van der Waals surface area contributed by atoms with E-state index in [1.807, 2.05) is 0 Å². The summed E-state index contributed by atoms with van der Waals surface area (Å²) >= 11 is 0. The van der Waals surface area contributed by atoms with E-state index in [1.165, 1.54) is 6.92 Å². The molecular formula is C11H19F3N2O. The number of carbonyl (C=O) groups is 1. The normalized spacial score (nSPS) is 27.6. The number of rotatable bonds is 3. The lowest BCUT2D eigenvalue weighted by Gasteiger charge is -2.33. The van der Waals surface area contributed by atoms with Crippen molar-refractivity contribution in [2.45, 2.75) is 45.3 Å². The molecule has 1 aliphatic rings. The Morgan fingerprint density at radius 2 is 2.18 bits per heavy atom. The van der Waals surface area contributed by atoms with Crippen molar-refractivity contribution in [2.75, 3.05) is 13.1 Å². The molecular weight excluding hydrogens is 233 g/mol. The average Bonchev–Trinajstić information content (AvgIpc) is 2.15. The minimum absolute atomic E-state index is 0.290. The van der Waals surface area contributed by atoms with Gasteiger partial charge in [0, 0.05) is 12.6 Å². The van der Waals surface area contributed by atoms with Gasteiger partial charge in [-0.25, -0.2) is 0 Å². The van der Waals surface area contributed by atoms with Gasteiger partial charge in [-0.3, -0.25) is 4.79 Å². The Bertz CT molecular complexity index is 272. The predicted octanol–water partition coefficient (Wildman–Crippen LogP) is 1.83. The molecule has 1 aliphatic heterocycles. The van der Waals surface area contributed by atoms with Crippen molar-refractivity contribution >= 4 is 5.91 Å². The molecule has 1 amide bonds. The summed E-state index contributed by atoms with van der Waals surface area (Å²) in [5.41, 5.74) is -0.585.